The number of pyridine rings is 1. The van der Waals surface area contributed by atoms with Crippen molar-refractivity contribution in [1.29, 1.82) is 0 Å². The number of halogens is 2. The Labute approximate surface area is 107 Å². The van der Waals surface area contributed by atoms with E-state index in [-0.39, 0.29) is 5.82 Å². The van der Waals surface area contributed by atoms with Crippen LogP contribution in [0.1, 0.15) is 17.7 Å². The van der Waals surface area contributed by atoms with Crippen LogP contribution < -0.4 is 5.32 Å². The van der Waals surface area contributed by atoms with Gasteiger partial charge in [0.05, 0.1) is 0 Å². The third-order valence-corrected chi connectivity index (χ3v) is 3.98. The maximum absolute atomic E-state index is 13.8. The van der Waals surface area contributed by atoms with Crippen LogP contribution in [0, 0.1) is 5.82 Å². The van der Waals surface area contributed by atoms with E-state index < -0.39 is 0 Å². The van der Waals surface area contributed by atoms with Crippen LogP contribution in [0.15, 0.2) is 16.6 Å². The summed E-state index contributed by atoms with van der Waals surface area (Å²) in [5.41, 5.74) is 3.77. The lowest BCUT2D eigenvalue weighted by Crippen LogP contribution is -2.01. The number of nitrogens with one attached hydrogen (secondary N) is 1. The average molecular weight is 295 g/mol. The topological polar surface area (TPSA) is 24.9 Å². The molecule has 0 saturated carbocycles. The lowest BCUT2D eigenvalue weighted by atomic mass is 10.1. The number of hydrogen-bond donors (Lipinski definition) is 1. The number of hydrogen-bond acceptors (Lipinski definition) is 2. The van der Waals surface area contributed by atoms with Gasteiger partial charge < -0.3 is 5.32 Å². The summed E-state index contributed by atoms with van der Waals surface area (Å²) in [4.78, 5) is 4.48. The van der Waals surface area contributed by atoms with Crippen LogP contribution in [0.4, 0.5) is 10.1 Å². The van der Waals surface area contributed by atoms with Gasteiger partial charge in [-0.2, -0.15) is 0 Å². The standard InChI is InChI=1S/C13H12BrFN2/c1-16-12-7-3-2-4-10(7)17-13-9(15)6-5-8(14)11(12)13/h5-6H,2-4H2,1H3,(H,16,17). The van der Waals surface area contributed by atoms with Crippen LogP contribution in [0.5, 0.6) is 0 Å². The Morgan fingerprint density at radius 3 is 2.94 bits per heavy atom. The van der Waals surface area contributed by atoms with Gasteiger partial charge in [0.25, 0.3) is 0 Å². The normalized spacial score (nSPS) is 14.1. The number of rotatable bonds is 1. The van der Waals surface area contributed by atoms with Crippen molar-refractivity contribution in [2.45, 2.75) is 19.3 Å². The molecule has 2 aromatic rings. The molecule has 0 aliphatic heterocycles. The van der Waals surface area contributed by atoms with E-state index in [4.69, 9.17) is 0 Å². The highest BCUT2D eigenvalue weighted by molar-refractivity contribution is 9.10. The van der Waals surface area contributed by atoms with Crippen molar-refractivity contribution in [1.82, 2.24) is 4.98 Å². The third kappa shape index (κ3) is 1.54. The highest BCUT2D eigenvalue weighted by atomic mass is 79.9. The highest BCUT2D eigenvalue weighted by Gasteiger charge is 2.21. The molecule has 1 aromatic carbocycles. The smallest absolute Gasteiger partial charge is 0.149 e. The van der Waals surface area contributed by atoms with Crippen LogP contribution in [-0.2, 0) is 12.8 Å². The molecule has 1 aliphatic carbocycles. The zero-order valence-corrected chi connectivity index (χ0v) is 11.1. The predicted octanol–water partition coefficient (Wildman–Crippen LogP) is 3.67. The van der Waals surface area contributed by atoms with Gasteiger partial charge in [0.15, 0.2) is 0 Å². The van der Waals surface area contributed by atoms with E-state index >= 15 is 0 Å². The minimum Gasteiger partial charge on any atom is -0.387 e. The van der Waals surface area contributed by atoms with Crippen LogP contribution in [0.3, 0.4) is 0 Å². The molecule has 0 atom stereocenters. The number of aryl methyl sites for hydroxylation is 1. The van der Waals surface area contributed by atoms with Gasteiger partial charge in [-0.05, 0) is 37.0 Å². The SMILES string of the molecule is CNc1c2c(nc3c(F)ccc(Br)c13)CCC2. The Morgan fingerprint density at radius 2 is 2.18 bits per heavy atom. The average Bonchev–Trinajstić information content (AvgIpc) is 2.79. The molecular formula is C13H12BrFN2. The first-order valence-corrected chi connectivity index (χ1v) is 6.49. The summed E-state index contributed by atoms with van der Waals surface area (Å²) in [6.45, 7) is 0. The zero-order chi connectivity index (χ0) is 12.0. The minimum absolute atomic E-state index is 0.255. The van der Waals surface area contributed by atoms with E-state index in [0.717, 1.165) is 40.5 Å². The van der Waals surface area contributed by atoms with Crippen LogP contribution >= 0.6 is 15.9 Å². The van der Waals surface area contributed by atoms with Gasteiger partial charge in [-0.1, -0.05) is 15.9 Å². The Hall–Kier alpha value is -1.16. The molecule has 3 rings (SSSR count). The van der Waals surface area contributed by atoms with Crippen LogP contribution in [0.2, 0.25) is 0 Å². The summed E-state index contributed by atoms with van der Waals surface area (Å²) in [6, 6.07) is 3.20. The molecule has 0 spiro atoms. The summed E-state index contributed by atoms with van der Waals surface area (Å²) in [6.07, 6.45) is 3.08. The molecule has 0 amide bonds. The molecule has 1 N–H and O–H groups in total. The van der Waals surface area contributed by atoms with E-state index in [1.165, 1.54) is 11.6 Å². The van der Waals surface area contributed by atoms with Gasteiger partial charge in [-0.3, -0.25) is 0 Å². The first-order valence-electron chi connectivity index (χ1n) is 5.69. The lowest BCUT2D eigenvalue weighted by molar-refractivity contribution is 0.636. The van der Waals surface area contributed by atoms with Crippen molar-refractivity contribution in [2.75, 3.05) is 12.4 Å². The molecule has 2 nitrogen and oxygen atoms in total. The summed E-state index contributed by atoms with van der Waals surface area (Å²) in [7, 11) is 1.88. The quantitative estimate of drug-likeness (QED) is 0.868. The molecule has 1 aliphatic rings. The second-order valence-corrected chi connectivity index (χ2v) is 5.12. The zero-order valence-electron chi connectivity index (χ0n) is 9.48. The Kier molecular flexibility index (Phi) is 2.54. The molecule has 1 heterocycles. The van der Waals surface area contributed by atoms with E-state index in [0.29, 0.717) is 5.52 Å². The van der Waals surface area contributed by atoms with Crippen molar-refractivity contribution in [3.05, 3.63) is 33.7 Å². The maximum atomic E-state index is 13.8. The summed E-state index contributed by atoms with van der Waals surface area (Å²) < 4.78 is 14.7. The first kappa shape index (κ1) is 11.0. The molecule has 0 fully saturated rings. The fraction of sp³-hybridized carbons (Fsp3) is 0.308. The summed E-state index contributed by atoms with van der Waals surface area (Å²) >= 11 is 3.48. The van der Waals surface area contributed by atoms with Crippen molar-refractivity contribution in [3.63, 3.8) is 0 Å². The molecule has 17 heavy (non-hydrogen) atoms. The highest BCUT2D eigenvalue weighted by Crippen LogP contribution is 2.38. The van der Waals surface area contributed by atoms with Crippen molar-refractivity contribution >= 4 is 32.5 Å². The van der Waals surface area contributed by atoms with E-state index in [1.807, 2.05) is 7.05 Å². The van der Waals surface area contributed by atoms with Gasteiger partial charge in [0, 0.05) is 28.3 Å². The molecule has 88 valence electrons. The lowest BCUT2D eigenvalue weighted by Gasteiger charge is -2.13. The summed E-state index contributed by atoms with van der Waals surface area (Å²) in [5, 5.41) is 4.06. The molecule has 0 radical (unpaired) electrons. The fourth-order valence-corrected chi connectivity index (χ4v) is 3.09. The Morgan fingerprint density at radius 1 is 1.35 bits per heavy atom. The molecule has 0 bridgehead atoms. The van der Waals surface area contributed by atoms with Gasteiger partial charge in [-0.25, -0.2) is 9.37 Å². The third-order valence-electron chi connectivity index (χ3n) is 3.32. The second-order valence-electron chi connectivity index (χ2n) is 4.27. The van der Waals surface area contributed by atoms with Gasteiger partial charge in [0.1, 0.15) is 11.3 Å². The fourth-order valence-electron chi connectivity index (χ4n) is 2.57. The van der Waals surface area contributed by atoms with Gasteiger partial charge in [0.2, 0.25) is 0 Å². The molecular weight excluding hydrogens is 283 g/mol. The Bertz CT molecular complexity index is 610. The van der Waals surface area contributed by atoms with Crippen molar-refractivity contribution in [2.24, 2.45) is 0 Å². The van der Waals surface area contributed by atoms with E-state index in [9.17, 15) is 4.39 Å². The minimum atomic E-state index is -0.255. The molecule has 0 unspecified atom stereocenters. The number of aromatic nitrogens is 1. The number of fused-ring (bicyclic) bond motifs is 2. The van der Waals surface area contributed by atoms with Gasteiger partial charge >= 0.3 is 0 Å². The van der Waals surface area contributed by atoms with Crippen LogP contribution in [-0.4, -0.2) is 12.0 Å². The number of nitrogens with zero attached hydrogens (tertiary/aromatic N) is 1. The van der Waals surface area contributed by atoms with Gasteiger partial charge in [-0.15, -0.1) is 0 Å². The largest absolute Gasteiger partial charge is 0.387 e. The van der Waals surface area contributed by atoms with E-state index in [1.54, 1.807) is 6.07 Å². The number of anilines is 1. The number of benzene rings is 1. The maximum Gasteiger partial charge on any atom is 0.149 e. The monoisotopic (exact) mass is 294 g/mol. The van der Waals surface area contributed by atoms with E-state index in [2.05, 4.69) is 26.2 Å². The molecule has 1 aromatic heterocycles. The molecule has 4 heteroatoms. The van der Waals surface area contributed by atoms with Crippen molar-refractivity contribution in [3.8, 4) is 0 Å². The second kappa shape index (κ2) is 3.95. The first-order chi connectivity index (χ1) is 8.22. The predicted molar refractivity (Wildman–Crippen MR) is 71.0 cm³/mol. The molecule has 0 saturated heterocycles. The van der Waals surface area contributed by atoms with Crippen molar-refractivity contribution < 1.29 is 4.39 Å². The van der Waals surface area contributed by atoms with Crippen LogP contribution in [0.25, 0.3) is 10.9 Å². The Balaban J connectivity index is 2.49. The summed E-state index contributed by atoms with van der Waals surface area (Å²) in [5.74, 6) is -0.255.